The van der Waals surface area contributed by atoms with Gasteiger partial charge in [-0.15, -0.1) is 24.8 Å². The second kappa shape index (κ2) is 12.3. The van der Waals surface area contributed by atoms with Gasteiger partial charge in [0.15, 0.2) is 0 Å². The molecule has 2 atom stereocenters. The first-order chi connectivity index (χ1) is 10.6. The molecule has 0 aliphatic carbocycles. The molecule has 0 saturated carbocycles. The first-order valence-corrected chi connectivity index (χ1v) is 9.30. The van der Waals surface area contributed by atoms with E-state index >= 15 is 0 Å². The Hall–Kier alpha value is -0.0300. The maximum absolute atomic E-state index is 12.6. The Labute approximate surface area is 160 Å². The molecule has 0 bridgehead atoms. The summed E-state index contributed by atoms with van der Waals surface area (Å²) in [6.45, 7) is 10.2. The molecule has 6 heteroatoms. The van der Waals surface area contributed by atoms with Crippen LogP contribution in [0.25, 0.3) is 0 Å². The smallest absolute Gasteiger partial charge is 0.222 e. The van der Waals surface area contributed by atoms with Crippen molar-refractivity contribution in [2.75, 3.05) is 39.8 Å². The van der Waals surface area contributed by atoms with E-state index in [9.17, 15) is 4.79 Å². The third kappa shape index (κ3) is 7.07. The molecule has 2 aliphatic rings. The van der Waals surface area contributed by atoms with Gasteiger partial charge in [-0.1, -0.05) is 13.8 Å². The van der Waals surface area contributed by atoms with E-state index in [1.807, 2.05) is 7.05 Å². The van der Waals surface area contributed by atoms with Gasteiger partial charge in [0.2, 0.25) is 5.91 Å². The molecule has 2 aliphatic heterocycles. The highest BCUT2D eigenvalue weighted by atomic mass is 35.5. The lowest BCUT2D eigenvalue weighted by atomic mass is 9.85. The zero-order valence-corrected chi connectivity index (χ0v) is 17.3. The molecule has 2 saturated heterocycles. The van der Waals surface area contributed by atoms with Gasteiger partial charge in [-0.05, 0) is 63.6 Å². The summed E-state index contributed by atoms with van der Waals surface area (Å²) in [5.41, 5.74) is 0. The minimum absolute atomic E-state index is 0. The predicted octanol–water partition coefficient (Wildman–Crippen LogP) is 3.19. The highest BCUT2D eigenvalue weighted by Gasteiger charge is 2.28. The fraction of sp³-hybridized carbons (Fsp3) is 0.944. The fourth-order valence-electron chi connectivity index (χ4n) is 4.00. The molecule has 1 N–H and O–H groups in total. The van der Waals surface area contributed by atoms with Crippen molar-refractivity contribution in [3.63, 3.8) is 0 Å². The maximum atomic E-state index is 12.6. The summed E-state index contributed by atoms with van der Waals surface area (Å²) in [4.78, 5) is 17.2. The quantitative estimate of drug-likeness (QED) is 0.766. The van der Waals surface area contributed by atoms with Crippen LogP contribution in [0.3, 0.4) is 0 Å². The second-order valence-electron chi connectivity index (χ2n) is 7.37. The SMILES string of the molecule is CCCN1CCC(N(C)C(=O)CC(C)C2CCCNC2)CC1.Cl.Cl. The summed E-state index contributed by atoms with van der Waals surface area (Å²) in [5.74, 6) is 1.53. The third-order valence-electron chi connectivity index (χ3n) is 5.67. The number of nitrogens with one attached hydrogen (secondary N) is 1. The lowest BCUT2D eigenvalue weighted by Crippen LogP contribution is -2.46. The standard InChI is InChI=1S/C18H35N3O.2ClH/c1-4-10-21-11-7-17(8-12-21)20(3)18(22)13-15(2)16-6-5-9-19-14-16;;/h15-17,19H,4-14H2,1-3H3;2*1H. The van der Waals surface area contributed by atoms with Crippen molar-refractivity contribution in [2.45, 2.75) is 58.4 Å². The maximum Gasteiger partial charge on any atom is 0.222 e. The highest BCUT2D eigenvalue weighted by molar-refractivity contribution is 5.85. The molecule has 4 nitrogen and oxygen atoms in total. The van der Waals surface area contributed by atoms with Gasteiger partial charge in [-0.2, -0.15) is 0 Å². The normalized spacial score (nSPS) is 23.7. The molecule has 1 amide bonds. The summed E-state index contributed by atoms with van der Waals surface area (Å²) in [5, 5.41) is 3.47. The Kier molecular flexibility index (Phi) is 12.3. The van der Waals surface area contributed by atoms with Crippen LogP contribution < -0.4 is 5.32 Å². The van der Waals surface area contributed by atoms with E-state index in [4.69, 9.17) is 0 Å². The van der Waals surface area contributed by atoms with E-state index in [0.717, 1.165) is 45.4 Å². The lowest BCUT2D eigenvalue weighted by molar-refractivity contribution is -0.134. The van der Waals surface area contributed by atoms with Gasteiger partial charge < -0.3 is 15.1 Å². The molecule has 2 heterocycles. The first-order valence-electron chi connectivity index (χ1n) is 9.30. The number of halogens is 2. The van der Waals surface area contributed by atoms with Gasteiger partial charge in [-0.3, -0.25) is 4.79 Å². The molecule has 24 heavy (non-hydrogen) atoms. The van der Waals surface area contributed by atoms with Crippen molar-refractivity contribution in [1.29, 1.82) is 0 Å². The average Bonchev–Trinajstić information content (AvgIpc) is 2.56. The van der Waals surface area contributed by atoms with Gasteiger partial charge in [0.05, 0.1) is 0 Å². The van der Waals surface area contributed by atoms with Gasteiger partial charge in [0.25, 0.3) is 0 Å². The number of amides is 1. The Morgan fingerprint density at radius 3 is 2.46 bits per heavy atom. The van der Waals surface area contributed by atoms with Crippen molar-refractivity contribution in [1.82, 2.24) is 15.1 Å². The van der Waals surface area contributed by atoms with Crippen LogP contribution >= 0.6 is 24.8 Å². The highest BCUT2D eigenvalue weighted by Crippen LogP contribution is 2.24. The summed E-state index contributed by atoms with van der Waals surface area (Å²) >= 11 is 0. The minimum atomic E-state index is 0. The zero-order chi connectivity index (χ0) is 15.9. The number of hydrogen-bond donors (Lipinski definition) is 1. The molecule has 2 fully saturated rings. The summed E-state index contributed by atoms with van der Waals surface area (Å²) in [7, 11) is 2.02. The molecular formula is C18H37Cl2N3O. The van der Waals surface area contributed by atoms with E-state index in [1.54, 1.807) is 0 Å². The topological polar surface area (TPSA) is 35.6 Å². The van der Waals surface area contributed by atoms with Crippen LogP contribution in [0, 0.1) is 11.8 Å². The van der Waals surface area contributed by atoms with E-state index in [1.165, 1.54) is 25.8 Å². The molecule has 2 unspecified atom stereocenters. The second-order valence-corrected chi connectivity index (χ2v) is 7.37. The first kappa shape index (κ1) is 24.0. The Bertz CT molecular complexity index is 343. The van der Waals surface area contributed by atoms with Crippen molar-refractivity contribution in [3.05, 3.63) is 0 Å². The Morgan fingerprint density at radius 1 is 1.25 bits per heavy atom. The predicted molar refractivity (Wildman–Crippen MR) is 106 cm³/mol. The number of rotatable bonds is 6. The van der Waals surface area contributed by atoms with Crippen LogP contribution in [0.1, 0.15) is 52.4 Å². The Balaban J connectivity index is 0.00000264. The van der Waals surface area contributed by atoms with E-state index < -0.39 is 0 Å². The van der Waals surface area contributed by atoms with E-state index in [0.29, 0.717) is 23.8 Å². The van der Waals surface area contributed by atoms with Crippen LogP contribution in [0.5, 0.6) is 0 Å². The van der Waals surface area contributed by atoms with Gasteiger partial charge in [0, 0.05) is 32.6 Å². The Morgan fingerprint density at radius 2 is 1.92 bits per heavy atom. The lowest BCUT2D eigenvalue weighted by Gasteiger charge is -2.37. The van der Waals surface area contributed by atoms with Crippen molar-refractivity contribution < 1.29 is 4.79 Å². The zero-order valence-electron chi connectivity index (χ0n) is 15.6. The minimum Gasteiger partial charge on any atom is -0.343 e. The third-order valence-corrected chi connectivity index (χ3v) is 5.67. The van der Waals surface area contributed by atoms with Crippen LogP contribution in [0.2, 0.25) is 0 Å². The van der Waals surface area contributed by atoms with Gasteiger partial charge in [-0.25, -0.2) is 0 Å². The van der Waals surface area contributed by atoms with E-state index in [2.05, 4.69) is 29.0 Å². The summed E-state index contributed by atoms with van der Waals surface area (Å²) in [6, 6.07) is 0.456. The van der Waals surface area contributed by atoms with Crippen LogP contribution in [-0.4, -0.2) is 61.5 Å². The molecule has 0 radical (unpaired) electrons. The number of hydrogen-bond acceptors (Lipinski definition) is 3. The molecule has 0 aromatic heterocycles. The molecule has 0 aromatic rings. The number of piperidine rings is 2. The number of carbonyl (C=O) groups excluding carboxylic acids is 1. The average molecular weight is 382 g/mol. The van der Waals surface area contributed by atoms with Crippen LogP contribution in [0.4, 0.5) is 0 Å². The van der Waals surface area contributed by atoms with Crippen LogP contribution in [0.15, 0.2) is 0 Å². The van der Waals surface area contributed by atoms with Gasteiger partial charge in [0.1, 0.15) is 0 Å². The molecule has 144 valence electrons. The van der Waals surface area contributed by atoms with Crippen molar-refractivity contribution >= 4 is 30.7 Å². The largest absolute Gasteiger partial charge is 0.343 e. The number of nitrogens with zero attached hydrogens (tertiary/aromatic N) is 2. The molecular weight excluding hydrogens is 345 g/mol. The van der Waals surface area contributed by atoms with Crippen LogP contribution in [-0.2, 0) is 4.79 Å². The molecule has 2 rings (SSSR count). The fourth-order valence-corrected chi connectivity index (χ4v) is 4.00. The summed E-state index contributed by atoms with van der Waals surface area (Å²) in [6.07, 6.45) is 6.77. The molecule has 0 aromatic carbocycles. The monoisotopic (exact) mass is 381 g/mol. The molecule has 0 spiro atoms. The van der Waals surface area contributed by atoms with Crippen molar-refractivity contribution in [3.8, 4) is 0 Å². The summed E-state index contributed by atoms with van der Waals surface area (Å²) < 4.78 is 0. The number of likely N-dealkylation sites (tertiary alicyclic amines) is 1. The van der Waals surface area contributed by atoms with Crippen molar-refractivity contribution in [2.24, 2.45) is 11.8 Å². The van der Waals surface area contributed by atoms with Gasteiger partial charge >= 0.3 is 0 Å². The number of carbonyl (C=O) groups is 1. The van der Waals surface area contributed by atoms with E-state index in [-0.39, 0.29) is 24.8 Å².